The minimum absolute atomic E-state index is 0.0358. The number of aliphatic hydroxyl groups excluding tert-OH is 1. The average molecular weight is 277 g/mol. The van der Waals surface area contributed by atoms with Crippen molar-refractivity contribution < 1.29 is 19.0 Å². The number of aliphatic hydroxyl groups is 1. The van der Waals surface area contributed by atoms with Crippen molar-refractivity contribution in [3.05, 3.63) is 35.1 Å². The van der Waals surface area contributed by atoms with Gasteiger partial charge in [0.1, 0.15) is 12.4 Å². The van der Waals surface area contributed by atoms with Gasteiger partial charge in [-0.3, -0.25) is 4.79 Å². The first-order valence-electron chi connectivity index (χ1n) is 6.43. The minimum atomic E-state index is -0.471. The summed E-state index contributed by atoms with van der Waals surface area (Å²) in [7, 11) is 0. The Morgan fingerprint density at radius 1 is 1.60 bits per heavy atom. The maximum Gasteiger partial charge on any atom is 0.252 e. The Bertz CT molecular complexity index is 562. The molecule has 1 amide bonds. The van der Waals surface area contributed by atoms with Crippen LogP contribution in [0.3, 0.4) is 0 Å². The van der Waals surface area contributed by atoms with E-state index in [1.165, 1.54) is 18.2 Å². The highest BCUT2D eigenvalue weighted by atomic mass is 19.1. The van der Waals surface area contributed by atoms with Gasteiger partial charge in [0.2, 0.25) is 0 Å². The zero-order valence-corrected chi connectivity index (χ0v) is 11.1. The van der Waals surface area contributed by atoms with Crippen molar-refractivity contribution in [3.63, 3.8) is 0 Å². The summed E-state index contributed by atoms with van der Waals surface area (Å²) >= 11 is 0. The summed E-state index contributed by atoms with van der Waals surface area (Å²) in [6.07, 6.45) is 0.720. The van der Waals surface area contributed by atoms with E-state index in [1.807, 2.05) is 6.92 Å². The molecule has 2 rings (SSSR count). The normalized spacial score (nSPS) is 21.1. The maximum atomic E-state index is 13.2. The lowest BCUT2D eigenvalue weighted by atomic mass is 10.1. The largest absolute Gasteiger partial charge is 0.384 e. The molecule has 2 N–H and O–H groups in total. The Hall–Kier alpha value is -1.90. The third-order valence-corrected chi connectivity index (χ3v) is 3.22. The Morgan fingerprint density at radius 2 is 2.40 bits per heavy atom. The summed E-state index contributed by atoms with van der Waals surface area (Å²) in [5.41, 5.74) is 0.564. The highest BCUT2D eigenvalue weighted by Crippen LogP contribution is 2.15. The molecular weight excluding hydrogens is 261 g/mol. The number of halogens is 1. The third-order valence-electron chi connectivity index (χ3n) is 3.22. The van der Waals surface area contributed by atoms with E-state index in [9.17, 15) is 9.18 Å². The van der Waals surface area contributed by atoms with E-state index >= 15 is 0 Å². The third kappa shape index (κ3) is 3.35. The topological polar surface area (TPSA) is 58.6 Å². The summed E-state index contributed by atoms with van der Waals surface area (Å²) in [4.78, 5) is 12.2. The summed E-state index contributed by atoms with van der Waals surface area (Å²) in [5, 5.41) is 11.6. The summed E-state index contributed by atoms with van der Waals surface area (Å²) in [6, 6.07) is 3.75. The molecule has 0 saturated carbocycles. The quantitative estimate of drug-likeness (QED) is 0.795. The number of hydrogen-bond acceptors (Lipinski definition) is 3. The SMILES string of the molecule is CC1OCCC1NC(=O)c1ccc(F)cc1C#CCO. The van der Waals surface area contributed by atoms with Gasteiger partial charge in [-0.15, -0.1) is 0 Å². The summed E-state index contributed by atoms with van der Waals surface area (Å²) in [5.74, 6) is 4.23. The molecule has 0 aliphatic carbocycles. The molecule has 2 unspecified atom stereocenters. The standard InChI is InChI=1S/C15H16FNO3/c1-10-14(6-8-20-10)17-15(19)13-5-4-12(16)9-11(13)3-2-7-18/h4-5,9-10,14,18H,6-8H2,1H3,(H,17,19). The maximum absolute atomic E-state index is 13.2. The second-order valence-corrected chi connectivity index (χ2v) is 4.59. The zero-order chi connectivity index (χ0) is 14.5. The fraction of sp³-hybridized carbons (Fsp3) is 0.400. The van der Waals surface area contributed by atoms with Gasteiger partial charge in [0.25, 0.3) is 5.91 Å². The van der Waals surface area contributed by atoms with Crippen LogP contribution in [-0.2, 0) is 4.74 Å². The van der Waals surface area contributed by atoms with Crippen LogP contribution in [0.1, 0.15) is 29.3 Å². The number of carbonyl (C=O) groups excluding carboxylic acids is 1. The number of benzene rings is 1. The van der Waals surface area contributed by atoms with Gasteiger partial charge < -0.3 is 15.2 Å². The fourth-order valence-corrected chi connectivity index (χ4v) is 2.12. The van der Waals surface area contributed by atoms with Crippen molar-refractivity contribution in [2.45, 2.75) is 25.5 Å². The lowest BCUT2D eigenvalue weighted by Crippen LogP contribution is -2.39. The second kappa shape index (κ2) is 6.51. The average Bonchev–Trinajstić information content (AvgIpc) is 2.82. The first kappa shape index (κ1) is 14.5. The van der Waals surface area contributed by atoms with Crippen LogP contribution in [0.4, 0.5) is 4.39 Å². The van der Waals surface area contributed by atoms with Crippen LogP contribution in [0.2, 0.25) is 0 Å². The van der Waals surface area contributed by atoms with Gasteiger partial charge in [0.05, 0.1) is 17.7 Å². The second-order valence-electron chi connectivity index (χ2n) is 4.59. The predicted octanol–water partition coefficient (Wildman–Crippen LogP) is 1.08. The molecule has 4 nitrogen and oxygen atoms in total. The van der Waals surface area contributed by atoms with E-state index < -0.39 is 5.82 Å². The molecule has 1 aromatic carbocycles. The van der Waals surface area contributed by atoms with Crippen molar-refractivity contribution in [3.8, 4) is 11.8 Å². The van der Waals surface area contributed by atoms with Gasteiger partial charge in [0, 0.05) is 12.2 Å². The van der Waals surface area contributed by atoms with Gasteiger partial charge in [-0.25, -0.2) is 4.39 Å². The van der Waals surface area contributed by atoms with E-state index in [-0.39, 0.29) is 30.2 Å². The van der Waals surface area contributed by atoms with Crippen LogP contribution in [0, 0.1) is 17.7 Å². The number of rotatable bonds is 2. The van der Waals surface area contributed by atoms with Crippen molar-refractivity contribution in [2.24, 2.45) is 0 Å². The van der Waals surface area contributed by atoms with E-state index in [2.05, 4.69) is 17.2 Å². The van der Waals surface area contributed by atoms with Gasteiger partial charge in [-0.2, -0.15) is 0 Å². The van der Waals surface area contributed by atoms with Gasteiger partial charge in [0.15, 0.2) is 0 Å². The number of hydrogen-bond donors (Lipinski definition) is 2. The fourth-order valence-electron chi connectivity index (χ4n) is 2.12. The van der Waals surface area contributed by atoms with Crippen molar-refractivity contribution in [2.75, 3.05) is 13.2 Å². The first-order chi connectivity index (χ1) is 9.61. The molecule has 1 saturated heterocycles. The number of carbonyl (C=O) groups is 1. The Balaban J connectivity index is 2.20. The molecule has 1 aliphatic heterocycles. The van der Waals surface area contributed by atoms with Crippen LogP contribution < -0.4 is 5.32 Å². The molecule has 2 atom stereocenters. The number of amides is 1. The molecule has 20 heavy (non-hydrogen) atoms. The zero-order valence-electron chi connectivity index (χ0n) is 11.1. The monoisotopic (exact) mass is 277 g/mol. The van der Waals surface area contributed by atoms with Crippen LogP contribution in [0.15, 0.2) is 18.2 Å². The molecule has 0 spiro atoms. The smallest absolute Gasteiger partial charge is 0.252 e. The van der Waals surface area contributed by atoms with E-state index in [0.29, 0.717) is 12.2 Å². The first-order valence-corrected chi connectivity index (χ1v) is 6.43. The molecule has 1 aromatic rings. The highest BCUT2D eigenvalue weighted by molar-refractivity contribution is 5.97. The molecule has 1 heterocycles. The Kier molecular flexibility index (Phi) is 4.72. The summed E-state index contributed by atoms with van der Waals surface area (Å²) in [6.45, 7) is 2.17. The lowest BCUT2D eigenvalue weighted by Gasteiger charge is -2.16. The molecule has 1 fully saturated rings. The Labute approximate surface area is 116 Å². The van der Waals surface area contributed by atoms with Crippen molar-refractivity contribution >= 4 is 5.91 Å². The van der Waals surface area contributed by atoms with Crippen LogP contribution >= 0.6 is 0 Å². The minimum Gasteiger partial charge on any atom is -0.384 e. The molecule has 0 aromatic heterocycles. The van der Waals surface area contributed by atoms with E-state index in [0.717, 1.165) is 6.42 Å². The molecular formula is C15H16FNO3. The number of nitrogens with one attached hydrogen (secondary N) is 1. The lowest BCUT2D eigenvalue weighted by molar-refractivity contribution is 0.0866. The summed E-state index contributed by atoms with van der Waals surface area (Å²) < 4.78 is 18.6. The number of ether oxygens (including phenoxy) is 1. The molecule has 0 radical (unpaired) electrons. The molecule has 5 heteroatoms. The Morgan fingerprint density at radius 3 is 3.05 bits per heavy atom. The van der Waals surface area contributed by atoms with Gasteiger partial charge in [-0.1, -0.05) is 11.8 Å². The van der Waals surface area contributed by atoms with Crippen LogP contribution in [-0.4, -0.2) is 36.4 Å². The molecule has 106 valence electrons. The van der Waals surface area contributed by atoms with Gasteiger partial charge in [-0.05, 0) is 31.5 Å². The molecule has 1 aliphatic rings. The predicted molar refractivity (Wildman–Crippen MR) is 71.6 cm³/mol. The van der Waals surface area contributed by atoms with Crippen LogP contribution in [0.5, 0.6) is 0 Å². The highest BCUT2D eigenvalue weighted by Gasteiger charge is 2.26. The van der Waals surface area contributed by atoms with Crippen LogP contribution in [0.25, 0.3) is 0 Å². The van der Waals surface area contributed by atoms with Crippen molar-refractivity contribution in [1.29, 1.82) is 0 Å². The van der Waals surface area contributed by atoms with E-state index in [1.54, 1.807) is 0 Å². The van der Waals surface area contributed by atoms with Gasteiger partial charge >= 0.3 is 0 Å². The van der Waals surface area contributed by atoms with E-state index in [4.69, 9.17) is 9.84 Å². The van der Waals surface area contributed by atoms with Crippen molar-refractivity contribution in [1.82, 2.24) is 5.32 Å². The molecule has 0 bridgehead atoms.